The van der Waals surface area contributed by atoms with Crippen LogP contribution in [0.25, 0.3) is 0 Å². The van der Waals surface area contributed by atoms with Crippen molar-refractivity contribution in [3.63, 3.8) is 0 Å². The maximum Gasteiger partial charge on any atom is 0.169 e. The second-order valence-corrected chi connectivity index (χ2v) is 7.75. The normalized spacial score (nSPS) is 16.9. The van der Waals surface area contributed by atoms with Crippen LogP contribution < -0.4 is 0 Å². The highest BCUT2D eigenvalue weighted by Gasteiger charge is 2.28. The number of carbonyl (C=O) groups is 1. The summed E-state index contributed by atoms with van der Waals surface area (Å²) in [6.07, 6.45) is 2.73. The number of nitrogens with zero attached hydrogens (tertiary/aromatic N) is 2. The zero-order chi connectivity index (χ0) is 15.1. The minimum Gasteiger partial charge on any atom is -0.294 e. The fraction of sp³-hybridized carbons (Fsp3) is 0.647. The highest BCUT2D eigenvalue weighted by Crippen LogP contribution is 2.26. The number of carbonyl (C=O) groups excluding carboxylic acids is 1. The monoisotopic (exact) mass is 274 g/mol. The van der Waals surface area contributed by atoms with Gasteiger partial charge in [-0.15, -0.1) is 0 Å². The fourth-order valence-corrected chi connectivity index (χ4v) is 2.54. The van der Waals surface area contributed by atoms with Gasteiger partial charge in [0.05, 0.1) is 5.69 Å². The molecule has 20 heavy (non-hydrogen) atoms. The first-order valence-electron chi connectivity index (χ1n) is 7.37. The van der Waals surface area contributed by atoms with E-state index in [0.29, 0.717) is 0 Å². The van der Waals surface area contributed by atoms with Crippen molar-refractivity contribution < 1.29 is 4.79 Å². The quantitative estimate of drug-likeness (QED) is 0.735. The van der Waals surface area contributed by atoms with Gasteiger partial charge in [-0.2, -0.15) is 0 Å². The lowest BCUT2D eigenvalue weighted by molar-refractivity contribution is 0.0856. The van der Waals surface area contributed by atoms with E-state index < -0.39 is 0 Å². The fourth-order valence-electron chi connectivity index (χ4n) is 2.54. The third-order valence-corrected chi connectivity index (χ3v) is 3.94. The third-order valence-electron chi connectivity index (χ3n) is 3.94. The summed E-state index contributed by atoms with van der Waals surface area (Å²) in [6.45, 7) is 14.5. The van der Waals surface area contributed by atoms with Crippen molar-refractivity contribution in [2.45, 2.75) is 60.0 Å². The number of hydrogen-bond acceptors (Lipinski definition) is 3. The average molecular weight is 274 g/mol. The lowest BCUT2D eigenvalue weighted by Gasteiger charge is -2.38. The topological polar surface area (TPSA) is 33.2 Å². The van der Waals surface area contributed by atoms with Crippen LogP contribution in [0.3, 0.4) is 0 Å². The Labute approximate surface area is 122 Å². The van der Waals surface area contributed by atoms with Crippen molar-refractivity contribution in [2.75, 3.05) is 6.54 Å². The standard InChI is InChI=1S/C17H26N2O/c1-16(2,3)15(20)13-9-12-7-8-19(17(4,5)6)11-14(12)18-10-13/h9-10H,7-8,11H2,1-6H3. The first-order valence-corrected chi connectivity index (χ1v) is 7.37. The van der Waals surface area contributed by atoms with E-state index in [1.807, 2.05) is 20.8 Å². The van der Waals surface area contributed by atoms with E-state index >= 15 is 0 Å². The summed E-state index contributed by atoms with van der Waals surface area (Å²) in [4.78, 5) is 19.3. The Morgan fingerprint density at radius 3 is 2.40 bits per heavy atom. The summed E-state index contributed by atoms with van der Waals surface area (Å²) < 4.78 is 0. The third kappa shape index (κ3) is 3.09. The van der Waals surface area contributed by atoms with Crippen molar-refractivity contribution in [3.8, 4) is 0 Å². The predicted molar refractivity (Wildman–Crippen MR) is 81.9 cm³/mol. The van der Waals surface area contributed by atoms with E-state index in [4.69, 9.17) is 0 Å². The highest BCUT2D eigenvalue weighted by atomic mass is 16.1. The second kappa shape index (κ2) is 4.96. The van der Waals surface area contributed by atoms with Crippen LogP contribution in [-0.2, 0) is 13.0 Å². The lowest BCUT2D eigenvalue weighted by Crippen LogP contribution is -2.44. The largest absolute Gasteiger partial charge is 0.294 e. The number of hydrogen-bond donors (Lipinski definition) is 0. The molecule has 0 aliphatic carbocycles. The zero-order valence-electron chi connectivity index (χ0n) is 13.6. The van der Waals surface area contributed by atoms with Gasteiger partial charge in [0.15, 0.2) is 5.78 Å². The van der Waals surface area contributed by atoms with Crippen LogP contribution in [0, 0.1) is 5.41 Å². The van der Waals surface area contributed by atoms with Crippen LogP contribution >= 0.6 is 0 Å². The molecule has 0 amide bonds. The molecule has 2 rings (SSSR count). The summed E-state index contributed by atoms with van der Waals surface area (Å²) >= 11 is 0. The number of pyridine rings is 1. The van der Waals surface area contributed by atoms with Crippen LogP contribution in [0.1, 0.15) is 63.2 Å². The molecular weight excluding hydrogens is 248 g/mol. The van der Waals surface area contributed by atoms with Crippen LogP contribution in [0.5, 0.6) is 0 Å². The molecule has 1 aromatic heterocycles. The van der Waals surface area contributed by atoms with Gasteiger partial charge in [-0.3, -0.25) is 14.7 Å². The molecule has 3 nitrogen and oxygen atoms in total. The second-order valence-electron chi connectivity index (χ2n) is 7.75. The molecule has 0 unspecified atom stereocenters. The molecule has 0 bridgehead atoms. The Balaban J connectivity index is 2.26. The molecule has 1 aliphatic rings. The van der Waals surface area contributed by atoms with Gasteiger partial charge in [0.25, 0.3) is 0 Å². The van der Waals surface area contributed by atoms with Gasteiger partial charge in [0.2, 0.25) is 0 Å². The Hall–Kier alpha value is -1.22. The molecule has 1 aliphatic heterocycles. The molecule has 0 spiro atoms. The molecule has 0 atom stereocenters. The first-order chi connectivity index (χ1) is 9.09. The Bertz CT molecular complexity index is 521. The van der Waals surface area contributed by atoms with Gasteiger partial charge in [-0.05, 0) is 38.8 Å². The number of aromatic nitrogens is 1. The molecular formula is C17H26N2O. The molecule has 0 aromatic carbocycles. The number of ketones is 1. The van der Waals surface area contributed by atoms with E-state index in [9.17, 15) is 4.79 Å². The van der Waals surface area contributed by atoms with Crippen molar-refractivity contribution in [2.24, 2.45) is 5.41 Å². The van der Waals surface area contributed by atoms with Crippen molar-refractivity contribution in [1.29, 1.82) is 0 Å². The van der Waals surface area contributed by atoms with Gasteiger partial charge >= 0.3 is 0 Å². The Morgan fingerprint density at radius 1 is 1.20 bits per heavy atom. The predicted octanol–water partition coefficient (Wildman–Crippen LogP) is 3.47. The minimum absolute atomic E-state index is 0.166. The van der Waals surface area contributed by atoms with Gasteiger partial charge < -0.3 is 0 Å². The van der Waals surface area contributed by atoms with Crippen molar-refractivity contribution in [3.05, 3.63) is 29.1 Å². The molecule has 0 fully saturated rings. The maximum atomic E-state index is 12.3. The summed E-state index contributed by atoms with van der Waals surface area (Å²) in [5.74, 6) is 0.172. The SMILES string of the molecule is CC(C)(C)C(=O)c1cnc2c(c1)CCN(C(C)(C)C)C2. The molecule has 3 heteroatoms. The van der Waals surface area contributed by atoms with Crippen LogP contribution in [0.15, 0.2) is 12.3 Å². The Kier molecular flexibility index (Phi) is 3.76. The smallest absolute Gasteiger partial charge is 0.169 e. The van der Waals surface area contributed by atoms with E-state index in [1.54, 1.807) is 6.20 Å². The van der Waals surface area contributed by atoms with E-state index in [1.165, 1.54) is 5.56 Å². The summed E-state index contributed by atoms with van der Waals surface area (Å²) in [5, 5.41) is 0. The zero-order valence-corrected chi connectivity index (χ0v) is 13.6. The lowest BCUT2D eigenvalue weighted by atomic mass is 9.86. The first kappa shape index (κ1) is 15.2. The highest BCUT2D eigenvalue weighted by molar-refractivity contribution is 5.99. The van der Waals surface area contributed by atoms with Gasteiger partial charge in [-0.25, -0.2) is 0 Å². The number of fused-ring (bicyclic) bond motifs is 1. The van der Waals surface area contributed by atoms with E-state index in [0.717, 1.165) is 30.8 Å². The number of rotatable bonds is 1. The van der Waals surface area contributed by atoms with Gasteiger partial charge in [0, 0.05) is 35.8 Å². The number of Topliss-reactive ketones (excluding diaryl/α,β-unsaturated/α-hetero) is 1. The van der Waals surface area contributed by atoms with E-state index in [-0.39, 0.29) is 16.7 Å². The average Bonchev–Trinajstić information content (AvgIpc) is 2.34. The molecule has 0 saturated heterocycles. The van der Waals surface area contributed by atoms with Crippen molar-refractivity contribution in [1.82, 2.24) is 9.88 Å². The van der Waals surface area contributed by atoms with Crippen LogP contribution in [0.4, 0.5) is 0 Å². The van der Waals surface area contributed by atoms with Crippen LogP contribution in [-0.4, -0.2) is 27.8 Å². The van der Waals surface area contributed by atoms with Gasteiger partial charge in [-0.1, -0.05) is 20.8 Å². The molecule has 110 valence electrons. The van der Waals surface area contributed by atoms with Crippen LogP contribution in [0.2, 0.25) is 0 Å². The molecule has 1 aromatic rings. The molecule has 0 N–H and O–H groups in total. The summed E-state index contributed by atoms with van der Waals surface area (Å²) in [6, 6.07) is 2.05. The van der Waals surface area contributed by atoms with Gasteiger partial charge in [0.1, 0.15) is 0 Å². The molecule has 0 radical (unpaired) electrons. The summed E-state index contributed by atoms with van der Waals surface area (Å²) in [7, 11) is 0. The molecule has 0 saturated carbocycles. The molecule has 2 heterocycles. The minimum atomic E-state index is -0.345. The summed E-state index contributed by atoms with van der Waals surface area (Å²) in [5.41, 5.74) is 2.93. The van der Waals surface area contributed by atoms with E-state index in [2.05, 4.69) is 36.7 Å². The van der Waals surface area contributed by atoms with Crippen molar-refractivity contribution >= 4 is 5.78 Å². The Morgan fingerprint density at radius 2 is 1.85 bits per heavy atom. The maximum absolute atomic E-state index is 12.3.